The lowest BCUT2D eigenvalue weighted by Crippen LogP contribution is -1.94. The third kappa shape index (κ3) is 24.0. The van der Waals surface area contributed by atoms with E-state index in [1.165, 1.54) is 179 Å². The van der Waals surface area contributed by atoms with Gasteiger partial charge in [0.25, 0.3) is 0 Å². The summed E-state index contributed by atoms with van der Waals surface area (Å²) in [5, 5.41) is 0. The van der Waals surface area contributed by atoms with Gasteiger partial charge in [0, 0.05) is 0 Å². The van der Waals surface area contributed by atoms with Crippen LogP contribution < -0.4 is 0 Å². The molecular weight excluding hydrogens is 444 g/mol. The second-order valence-corrected chi connectivity index (χ2v) is 12.6. The van der Waals surface area contributed by atoms with Gasteiger partial charge in [-0.3, -0.25) is 0 Å². The van der Waals surface area contributed by atoms with E-state index >= 15 is 0 Å². The highest BCUT2D eigenvalue weighted by Gasteiger charge is 2.00. The summed E-state index contributed by atoms with van der Waals surface area (Å²) >= 11 is 0. The summed E-state index contributed by atoms with van der Waals surface area (Å²) in [5.74, 6) is 0.803. The molecule has 0 N–H and O–H groups in total. The Bertz CT molecular complexity index is 571. The van der Waals surface area contributed by atoms with Gasteiger partial charge >= 0.3 is 0 Å². The average Bonchev–Trinajstić information content (AvgIpc) is 2.90. The quantitative estimate of drug-likeness (QED) is 0.0979. The fraction of sp³-hybridized carbons (Fsp3) is 0.838. The lowest BCUT2D eigenvalue weighted by Gasteiger charge is -2.07. The summed E-state index contributed by atoms with van der Waals surface area (Å²) < 4.78 is 0. The Morgan fingerprint density at radius 2 is 0.757 bits per heavy atom. The van der Waals surface area contributed by atoms with Gasteiger partial charge in [-0.2, -0.15) is 0 Å². The normalized spacial score (nSPS) is 11.6. The van der Waals surface area contributed by atoms with Crippen molar-refractivity contribution in [2.45, 2.75) is 194 Å². The first-order valence-electron chi connectivity index (χ1n) is 17.3. The van der Waals surface area contributed by atoms with Crippen molar-refractivity contribution in [3.05, 3.63) is 35.4 Å². The molecule has 0 amide bonds. The molecule has 1 aromatic carbocycles. The molecule has 0 spiro atoms. The number of aryl methyl sites for hydroxylation is 2. The van der Waals surface area contributed by atoms with Crippen molar-refractivity contribution in [2.24, 2.45) is 5.92 Å². The Labute approximate surface area is 235 Å². The van der Waals surface area contributed by atoms with Crippen LogP contribution in [0.15, 0.2) is 24.3 Å². The zero-order chi connectivity index (χ0) is 26.7. The summed E-state index contributed by atoms with van der Waals surface area (Å²) in [6.45, 7) is 6.96. The molecule has 0 heterocycles. The van der Waals surface area contributed by atoms with Gasteiger partial charge in [-0.25, -0.2) is 0 Å². The van der Waals surface area contributed by atoms with E-state index in [0.717, 1.165) is 5.92 Å². The number of rotatable bonds is 28. The lowest BCUT2D eigenvalue weighted by atomic mass is 9.98. The summed E-state index contributed by atoms with van der Waals surface area (Å²) in [6, 6.07) is 9.37. The molecule has 0 fully saturated rings. The molecule has 0 unspecified atom stereocenters. The van der Waals surface area contributed by atoms with E-state index in [0.29, 0.717) is 0 Å². The maximum Gasteiger partial charge on any atom is -0.0276 e. The van der Waals surface area contributed by atoms with Crippen molar-refractivity contribution < 1.29 is 0 Å². The monoisotopic (exact) mass is 513 g/mol. The molecule has 0 aromatic heterocycles. The number of unbranched alkanes of at least 4 members (excludes halogenated alkanes) is 23. The van der Waals surface area contributed by atoms with Gasteiger partial charge in [0.2, 0.25) is 0 Å². The van der Waals surface area contributed by atoms with Crippen LogP contribution in [0, 0.1) is 5.92 Å². The third-order valence-electron chi connectivity index (χ3n) is 8.32. The second-order valence-electron chi connectivity index (χ2n) is 12.6. The fourth-order valence-electron chi connectivity index (χ4n) is 5.69. The Morgan fingerprint density at radius 3 is 1.11 bits per heavy atom. The van der Waals surface area contributed by atoms with Crippen LogP contribution in [0.4, 0.5) is 0 Å². The van der Waals surface area contributed by atoms with Gasteiger partial charge in [0.15, 0.2) is 0 Å². The molecular formula is C37H68. The smallest absolute Gasteiger partial charge is 0.0276 e. The molecule has 0 bridgehead atoms. The number of hydrogen-bond acceptors (Lipinski definition) is 0. The third-order valence-corrected chi connectivity index (χ3v) is 8.32. The average molecular weight is 513 g/mol. The summed E-state index contributed by atoms with van der Waals surface area (Å²) in [4.78, 5) is 0. The van der Waals surface area contributed by atoms with Crippen LogP contribution >= 0.6 is 0 Å². The summed E-state index contributed by atoms with van der Waals surface area (Å²) in [6.07, 6.45) is 38.9. The van der Waals surface area contributed by atoms with Gasteiger partial charge < -0.3 is 0 Å². The zero-order valence-electron chi connectivity index (χ0n) is 26.0. The minimum Gasteiger partial charge on any atom is -0.0654 e. The molecule has 0 aliphatic rings. The van der Waals surface area contributed by atoms with Crippen molar-refractivity contribution in [2.75, 3.05) is 0 Å². The largest absolute Gasteiger partial charge is 0.0654 e. The van der Waals surface area contributed by atoms with Crippen LogP contribution in [0.5, 0.6) is 0 Å². The van der Waals surface area contributed by atoms with E-state index in [-0.39, 0.29) is 0 Å². The highest BCUT2D eigenvalue weighted by Crippen LogP contribution is 2.17. The molecule has 0 heteroatoms. The Kier molecular flexibility index (Phi) is 24.8. The zero-order valence-corrected chi connectivity index (χ0v) is 26.0. The molecule has 0 saturated heterocycles. The second kappa shape index (κ2) is 26.8. The standard InChI is InChI=1S/C37H68/c1-4-5-6-7-8-9-10-11-12-13-14-15-16-17-18-19-20-21-22-23-24-25-26-27-29-36-30-28-31-37(34-36)33-32-35(2)3/h28,30-31,34-35H,4-27,29,32-33H2,1-3H3. The minimum absolute atomic E-state index is 0.803. The molecule has 0 aliphatic carbocycles. The van der Waals surface area contributed by atoms with Crippen molar-refractivity contribution in [1.29, 1.82) is 0 Å². The van der Waals surface area contributed by atoms with Crippen molar-refractivity contribution >= 4 is 0 Å². The van der Waals surface area contributed by atoms with Crippen LogP contribution in [0.3, 0.4) is 0 Å². The summed E-state index contributed by atoms with van der Waals surface area (Å²) in [7, 11) is 0. The van der Waals surface area contributed by atoms with Gasteiger partial charge in [0.1, 0.15) is 0 Å². The van der Waals surface area contributed by atoms with Gasteiger partial charge in [0.05, 0.1) is 0 Å². The van der Waals surface area contributed by atoms with Gasteiger partial charge in [-0.1, -0.05) is 193 Å². The minimum atomic E-state index is 0.803. The van der Waals surface area contributed by atoms with Gasteiger partial charge in [-0.05, 0) is 42.7 Å². The maximum absolute atomic E-state index is 2.46. The van der Waals surface area contributed by atoms with Crippen LogP contribution in [0.2, 0.25) is 0 Å². The van der Waals surface area contributed by atoms with E-state index in [4.69, 9.17) is 0 Å². The fourth-order valence-corrected chi connectivity index (χ4v) is 5.69. The molecule has 216 valence electrons. The Morgan fingerprint density at radius 1 is 0.432 bits per heavy atom. The number of hydrogen-bond donors (Lipinski definition) is 0. The first kappa shape index (κ1) is 34.2. The lowest BCUT2D eigenvalue weighted by molar-refractivity contribution is 0.517. The van der Waals surface area contributed by atoms with Crippen molar-refractivity contribution in [3.8, 4) is 0 Å². The van der Waals surface area contributed by atoms with Crippen molar-refractivity contribution in [3.63, 3.8) is 0 Å². The highest BCUT2D eigenvalue weighted by molar-refractivity contribution is 5.23. The van der Waals surface area contributed by atoms with Crippen LogP contribution in [-0.4, -0.2) is 0 Å². The van der Waals surface area contributed by atoms with Crippen LogP contribution in [0.1, 0.15) is 192 Å². The van der Waals surface area contributed by atoms with Crippen LogP contribution in [0.25, 0.3) is 0 Å². The van der Waals surface area contributed by atoms with E-state index in [9.17, 15) is 0 Å². The SMILES string of the molecule is CCCCCCCCCCCCCCCCCCCCCCCCCCc1cccc(CCC(C)C)c1. The Hall–Kier alpha value is -0.780. The molecule has 0 atom stereocenters. The van der Waals surface area contributed by atoms with E-state index in [1.807, 2.05) is 0 Å². The van der Waals surface area contributed by atoms with Crippen LogP contribution in [-0.2, 0) is 12.8 Å². The highest BCUT2D eigenvalue weighted by atomic mass is 14.1. The van der Waals surface area contributed by atoms with E-state index in [1.54, 1.807) is 5.56 Å². The first-order chi connectivity index (χ1) is 18.2. The number of benzene rings is 1. The summed E-state index contributed by atoms with van der Waals surface area (Å²) in [5.41, 5.74) is 3.09. The first-order valence-corrected chi connectivity index (χ1v) is 17.3. The van der Waals surface area contributed by atoms with E-state index < -0.39 is 0 Å². The molecule has 0 nitrogen and oxygen atoms in total. The molecule has 0 aliphatic heterocycles. The van der Waals surface area contributed by atoms with Gasteiger partial charge in [-0.15, -0.1) is 0 Å². The topological polar surface area (TPSA) is 0 Å². The van der Waals surface area contributed by atoms with E-state index in [2.05, 4.69) is 45.0 Å². The predicted molar refractivity (Wildman–Crippen MR) is 170 cm³/mol. The molecule has 0 radical (unpaired) electrons. The Balaban J connectivity index is 1.74. The maximum atomic E-state index is 2.46. The molecule has 0 saturated carbocycles. The molecule has 1 rings (SSSR count). The molecule has 37 heavy (non-hydrogen) atoms. The predicted octanol–water partition coefficient (Wildman–Crippen LogP) is 13.2. The molecule has 1 aromatic rings. The van der Waals surface area contributed by atoms with Crippen molar-refractivity contribution in [1.82, 2.24) is 0 Å².